The average molecular weight is 342 g/mol. The summed E-state index contributed by atoms with van der Waals surface area (Å²) in [5, 5.41) is 13.1. The number of anilines is 1. The molecule has 0 aliphatic heterocycles. The normalized spacial score (nSPS) is 14.0. The molecule has 3 aromatic rings. The Labute approximate surface area is 140 Å². The van der Waals surface area contributed by atoms with E-state index in [2.05, 4.69) is 20.9 Å². The molecule has 2 heterocycles. The van der Waals surface area contributed by atoms with Crippen molar-refractivity contribution in [3.05, 3.63) is 61.1 Å². The summed E-state index contributed by atoms with van der Waals surface area (Å²) in [6, 6.07) is 8.61. The van der Waals surface area contributed by atoms with Crippen LogP contribution >= 0.6 is 11.3 Å². The molecule has 24 heavy (non-hydrogen) atoms. The Morgan fingerprint density at radius 3 is 2.88 bits per heavy atom. The second-order valence-electron chi connectivity index (χ2n) is 5.79. The molecule has 7 nitrogen and oxygen atoms in total. The molecule has 8 heteroatoms. The van der Waals surface area contributed by atoms with Gasteiger partial charge in [0.2, 0.25) is 5.95 Å². The fourth-order valence-electron chi connectivity index (χ4n) is 2.70. The Morgan fingerprint density at radius 1 is 1.38 bits per heavy atom. The SMILES string of the molecule is O=c1[nH]c(N(Cc2cccs2)C2CC2)nc2ccc([N+](=O)[O-])cc12. The Balaban J connectivity index is 1.76. The predicted octanol–water partition coefficient (Wildman–Crippen LogP) is 3.06. The fraction of sp³-hybridized carbons (Fsp3) is 0.250. The quantitative estimate of drug-likeness (QED) is 0.568. The lowest BCUT2D eigenvalue weighted by atomic mass is 10.2. The van der Waals surface area contributed by atoms with Crippen LogP contribution in [0.5, 0.6) is 0 Å². The zero-order valence-corrected chi connectivity index (χ0v) is 13.5. The van der Waals surface area contributed by atoms with Gasteiger partial charge in [0.25, 0.3) is 11.2 Å². The van der Waals surface area contributed by atoms with E-state index in [0.29, 0.717) is 24.1 Å². The van der Waals surface area contributed by atoms with E-state index in [1.807, 2.05) is 11.4 Å². The van der Waals surface area contributed by atoms with Gasteiger partial charge >= 0.3 is 0 Å². The Kier molecular flexibility index (Phi) is 3.53. The molecule has 4 rings (SSSR count). The van der Waals surface area contributed by atoms with Crippen molar-refractivity contribution in [2.24, 2.45) is 0 Å². The van der Waals surface area contributed by atoms with E-state index < -0.39 is 4.92 Å². The van der Waals surface area contributed by atoms with Crippen LogP contribution in [0, 0.1) is 10.1 Å². The maximum absolute atomic E-state index is 12.4. The van der Waals surface area contributed by atoms with Crippen molar-refractivity contribution >= 4 is 33.9 Å². The first-order valence-corrected chi connectivity index (χ1v) is 8.47. The molecule has 1 saturated carbocycles. The summed E-state index contributed by atoms with van der Waals surface area (Å²) in [6.45, 7) is 0.698. The molecule has 0 spiro atoms. The molecular formula is C16H14N4O3S. The number of thiophene rings is 1. The number of nitro benzene ring substituents is 1. The van der Waals surface area contributed by atoms with E-state index in [4.69, 9.17) is 0 Å². The number of benzene rings is 1. The van der Waals surface area contributed by atoms with Crippen LogP contribution in [0.4, 0.5) is 11.6 Å². The number of non-ortho nitro benzene ring substituents is 1. The van der Waals surface area contributed by atoms with Gasteiger partial charge in [-0.2, -0.15) is 0 Å². The number of rotatable bonds is 5. The molecule has 1 N–H and O–H groups in total. The Bertz CT molecular complexity index is 963. The van der Waals surface area contributed by atoms with Crippen LogP contribution in [0.1, 0.15) is 17.7 Å². The van der Waals surface area contributed by atoms with Gasteiger partial charge in [-0.05, 0) is 30.4 Å². The highest BCUT2D eigenvalue weighted by Crippen LogP contribution is 2.32. The molecule has 0 saturated heterocycles. The topological polar surface area (TPSA) is 92.1 Å². The Morgan fingerprint density at radius 2 is 2.21 bits per heavy atom. The molecule has 0 atom stereocenters. The Hall–Kier alpha value is -2.74. The van der Waals surface area contributed by atoms with Gasteiger partial charge < -0.3 is 4.90 Å². The molecule has 0 unspecified atom stereocenters. The maximum atomic E-state index is 12.4. The lowest BCUT2D eigenvalue weighted by molar-refractivity contribution is -0.384. The van der Waals surface area contributed by atoms with Gasteiger partial charge in [-0.3, -0.25) is 19.9 Å². The standard InChI is InChI=1S/C16H14N4O3S/c21-15-13-8-11(20(22)23)5-6-14(13)17-16(18-15)19(10-3-4-10)9-12-2-1-7-24-12/h1-2,5-8,10H,3-4,9H2,(H,17,18,21). The van der Waals surface area contributed by atoms with Crippen molar-refractivity contribution in [3.8, 4) is 0 Å². The van der Waals surface area contributed by atoms with E-state index in [9.17, 15) is 14.9 Å². The molecule has 122 valence electrons. The maximum Gasteiger partial charge on any atom is 0.270 e. The molecular weight excluding hydrogens is 328 g/mol. The molecule has 1 aliphatic carbocycles. The van der Waals surface area contributed by atoms with Gasteiger partial charge in [0, 0.05) is 23.1 Å². The highest BCUT2D eigenvalue weighted by Gasteiger charge is 2.31. The number of nitro groups is 1. The van der Waals surface area contributed by atoms with Crippen molar-refractivity contribution in [2.45, 2.75) is 25.4 Å². The van der Waals surface area contributed by atoms with Crippen LogP contribution in [0.25, 0.3) is 10.9 Å². The summed E-state index contributed by atoms with van der Waals surface area (Å²) in [7, 11) is 0. The third-order valence-electron chi connectivity index (χ3n) is 4.05. The molecule has 0 bridgehead atoms. The minimum absolute atomic E-state index is 0.111. The number of nitrogens with zero attached hydrogens (tertiary/aromatic N) is 3. The lowest BCUT2D eigenvalue weighted by Gasteiger charge is -2.22. The van der Waals surface area contributed by atoms with Crippen LogP contribution in [0.2, 0.25) is 0 Å². The molecule has 1 fully saturated rings. The van der Waals surface area contributed by atoms with Crippen LogP contribution in [0.15, 0.2) is 40.5 Å². The second kappa shape index (κ2) is 5.72. The van der Waals surface area contributed by atoms with Crippen LogP contribution in [-0.4, -0.2) is 20.9 Å². The number of H-pyrrole nitrogens is 1. The zero-order valence-electron chi connectivity index (χ0n) is 12.6. The highest BCUT2D eigenvalue weighted by molar-refractivity contribution is 7.09. The fourth-order valence-corrected chi connectivity index (χ4v) is 3.40. The minimum atomic E-state index is -0.514. The first-order valence-electron chi connectivity index (χ1n) is 7.59. The van der Waals surface area contributed by atoms with Crippen molar-refractivity contribution in [2.75, 3.05) is 4.90 Å². The molecule has 1 aliphatic rings. The van der Waals surface area contributed by atoms with Crippen LogP contribution in [0.3, 0.4) is 0 Å². The number of aromatic nitrogens is 2. The zero-order chi connectivity index (χ0) is 16.7. The summed E-state index contributed by atoms with van der Waals surface area (Å²) in [6.07, 6.45) is 2.15. The third-order valence-corrected chi connectivity index (χ3v) is 4.91. The summed E-state index contributed by atoms with van der Waals surface area (Å²) in [5.74, 6) is 0.525. The summed E-state index contributed by atoms with van der Waals surface area (Å²) >= 11 is 1.67. The van der Waals surface area contributed by atoms with E-state index in [0.717, 1.165) is 12.8 Å². The van der Waals surface area contributed by atoms with Gasteiger partial charge in [0.1, 0.15) is 0 Å². The van der Waals surface area contributed by atoms with Gasteiger partial charge in [-0.15, -0.1) is 11.3 Å². The summed E-state index contributed by atoms with van der Waals surface area (Å²) in [4.78, 5) is 33.4. The summed E-state index contributed by atoms with van der Waals surface area (Å²) in [5.41, 5.74) is 0.00638. The van der Waals surface area contributed by atoms with Crippen molar-refractivity contribution in [1.29, 1.82) is 0 Å². The van der Waals surface area contributed by atoms with Gasteiger partial charge in [-0.1, -0.05) is 6.07 Å². The first kappa shape index (κ1) is 14.8. The number of aromatic amines is 1. The molecule has 1 aromatic carbocycles. The summed E-state index contributed by atoms with van der Waals surface area (Å²) < 4.78 is 0. The van der Waals surface area contributed by atoms with Gasteiger partial charge in [0.15, 0.2) is 0 Å². The molecule has 0 radical (unpaired) electrons. The van der Waals surface area contributed by atoms with Gasteiger partial charge in [-0.25, -0.2) is 4.98 Å². The number of hydrogen-bond acceptors (Lipinski definition) is 6. The van der Waals surface area contributed by atoms with E-state index in [1.54, 1.807) is 11.3 Å². The monoisotopic (exact) mass is 342 g/mol. The average Bonchev–Trinajstić information content (AvgIpc) is 3.28. The predicted molar refractivity (Wildman–Crippen MR) is 92.5 cm³/mol. The van der Waals surface area contributed by atoms with Crippen LogP contribution < -0.4 is 10.5 Å². The third kappa shape index (κ3) is 2.76. The lowest BCUT2D eigenvalue weighted by Crippen LogP contribution is -2.28. The van der Waals surface area contributed by atoms with E-state index in [-0.39, 0.29) is 16.6 Å². The van der Waals surface area contributed by atoms with Crippen molar-refractivity contribution in [3.63, 3.8) is 0 Å². The minimum Gasteiger partial charge on any atom is -0.334 e. The largest absolute Gasteiger partial charge is 0.334 e. The van der Waals surface area contributed by atoms with Crippen LogP contribution in [-0.2, 0) is 6.54 Å². The van der Waals surface area contributed by atoms with Gasteiger partial charge in [0.05, 0.1) is 22.4 Å². The first-order chi connectivity index (χ1) is 11.6. The number of hydrogen-bond donors (Lipinski definition) is 1. The second-order valence-corrected chi connectivity index (χ2v) is 6.82. The number of nitrogens with one attached hydrogen (secondary N) is 1. The highest BCUT2D eigenvalue weighted by atomic mass is 32.1. The van der Waals surface area contributed by atoms with E-state index in [1.165, 1.54) is 23.1 Å². The molecule has 2 aromatic heterocycles. The van der Waals surface area contributed by atoms with E-state index >= 15 is 0 Å². The van der Waals surface area contributed by atoms with Crippen molar-refractivity contribution in [1.82, 2.24) is 9.97 Å². The number of fused-ring (bicyclic) bond motifs is 1. The smallest absolute Gasteiger partial charge is 0.270 e. The van der Waals surface area contributed by atoms with Crippen molar-refractivity contribution < 1.29 is 4.92 Å². The molecule has 0 amide bonds.